The van der Waals surface area contributed by atoms with Gasteiger partial charge in [-0.1, -0.05) is 122 Å². The highest BCUT2D eigenvalue weighted by Gasteiger charge is 2.42. The van der Waals surface area contributed by atoms with Crippen molar-refractivity contribution in [3.8, 4) is 0 Å². The minimum absolute atomic E-state index is 0.0432. The third-order valence-corrected chi connectivity index (χ3v) is 13.2. The molecule has 0 saturated carbocycles. The van der Waals surface area contributed by atoms with E-state index in [-0.39, 0.29) is 72.7 Å². The maximum Gasteiger partial charge on any atom is 0.410 e. The van der Waals surface area contributed by atoms with Crippen LogP contribution < -0.4 is 5.32 Å². The molecule has 61 heavy (non-hydrogen) atoms. The lowest BCUT2D eigenvalue weighted by molar-refractivity contribution is -0.148. The number of amides is 4. The number of nitrogens with one attached hydrogen (secondary N) is 1. The van der Waals surface area contributed by atoms with Gasteiger partial charge in [-0.15, -0.1) is 0 Å². The van der Waals surface area contributed by atoms with Crippen LogP contribution in [0.5, 0.6) is 0 Å². The number of aryl methyl sites for hydroxylation is 1. The van der Waals surface area contributed by atoms with Gasteiger partial charge in [0.15, 0.2) is 5.78 Å². The first-order valence-corrected chi connectivity index (χ1v) is 22.3. The summed E-state index contributed by atoms with van der Waals surface area (Å²) >= 11 is 0. The first kappa shape index (κ1) is 51.1. The maximum atomic E-state index is 14.6. The number of likely N-dealkylation sites (N-methyl/N-ethyl adjacent to an activating group) is 2. The van der Waals surface area contributed by atoms with Crippen LogP contribution >= 0.6 is 0 Å². The SMILES string of the molecule is CC[C@H](C)[C@@H]([C@@H](CC(=O)N1CCC[C@H]1[C@H](C)[C@@H](C)C(=O)N[C@H](C)[C@@H](O)c1ccccc1)OC)N(C)C(=O)C(CC(=O)[C@H](C(C)C)N(C)C(=O)OCc1ccc(C)cc1)C(C)C. The van der Waals surface area contributed by atoms with Gasteiger partial charge < -0.3 is 34.6 Å². The number of nitrogens with zero attached hydrogens (tertiary/aromatic N) is 3. The summed E-state index contributed by atoms with van der Waals surface area (Å²) in [6.07, 6.45) is 0.183. The molecule has 0 spiro atoms. The Morgan fingerprint density at radius 1 is 0.869 bits per heavy atom. The fourth-order valence-electron chi connectivity index (χ4n) is 8.90. The number of carbonyl (C=O) groups excluding carboxylic acids is 5. The Balaban J connectivity index is 1.73. The summed E-state index contributed by atoms with van der Waals surface area (Å²) in [5, 5.41) is 13.9. The second-order valence-corrected chi connectivity index (χ2v) is 18.3. The third kappa shape index (κ3) is 13.6. The predicted molar refractivity (Wildman–Crippen MR) is 239 cm³/mol. The molecule has 0 aliphatic carbocycles. The van der Waals surface area contributed by atoms with Gasteiger partial charge in [0.05, 0.1) is 36.8 Å². The van der Waals surface area contributed by atoms with E-state index < -0.39 is 48.3 Å². The normalized spacial score (nSPS) is 18.6. The van der Waals surface area contributed by atoms with E-state index in [1.807, 2.05) is 122 Å². The largest absolute Gasteiger partial charge is 0.445 e. The average Bonchev–Trinajstić information content (AvgIpc) is 3.74. The molecule has 1 aliphatic rings. The second kappa shape index (κ2) is 23.8. The van der Waals surface area contributed by atoms with E-state index in [0.29, 0.717) is 6.54 Å². The minimum atomic E-state index is -0.854. The van der Waals surface area contributed by atoms with E-state index in [1.165, 1.54) is 4.90 Å². The highest BCUT2D eigenvalue weighted by molar-refractivity contribution is 5.92. The smallest absolute Gasteiger partial charge is 0.410 e. The molecule has 2 aromatic rings. The number of rotatable bonds is 22. The number of likely N-dealkylation sites (tertiary alicyclic amines) is 1. The third-order valence-electron chi connectivity index (χ3n) is 13.2. The fraction of sp³-hybridized carbons (Fsp3) is 0.653. The Labute approximate surface area is 366 Å². The van der Waals surface area contributed by atoms with E-state index in [1.54, 1.807) is 33.0 Å². The van der Waals surface area contributed by atoms with Crippen LogP contribution in [0.15, 0.2) is 54.6 Å². The zero-order valence-corrected chi connectivity index (χ0v) is 39.2. The van der Waals surface area contributed by atoms with E-state index in [2.05, 4.69) is 5.32 Å². The summed E-state index contributed by atoms with van der Waals surface area (Å²) in [5.41, 5.74) is 2.67. The van der Waals surface area contributed by atoms with Crippen LogP contribution in [-0.4, -0.2) is 107 Å². The minimum Gasteiger partial charge on any atom is -0.445 e. The van der Waals surface area contributed by atoms with Crippen LogP contribution in [0.1, 0.15) is 117 Å². The summed E-state index contributed by atoms with van der Waals surface area (Å²) in [6.45, 7) is 20.0. The van der Waals surface area contributed by atoms with Gasteiger partial charge in [-0.3, -0.25) is 19.2 Å². The zero-order chi connectivity index (χ0) is 45.7. The molecule has 10 atom stereocenters. The lowest BCUT2D eigenvalue weighted by Gasteiger charge is -2.41. The van der Waals surface area contributed by atoms with E-state index in [0.717, 1.165) is 36.0 Å². The average molecular weight is 849 g/mol. The lowest BCUT2D eigenvalue weighted by atomic mass is 9.83. The van der Waals surface area contributed by atoms with E-state index in [4.69, 9.17) is 9.47 Å². The highest BCUT2D eigenvalue weighted by atomic mass is 16.6. The van der Waals surface area contributed by atoms with Gasteiger partial charge >= 0.3 is 6.09 Å². The molecule has 12 heteroatoms. The van der Waals surface area contributed by atoms with Gasteiger partial charge in [-0.05, 0) is 61.5 Å². The van der Waals surface area contributed by atoms with Crippen LogP contribution in [-0.2, 0) is 35.3 Å². The van der Waals surface area contributed by atoms with Crippen molar-refractivity contribution in [3.63, 3.8) is 0 Å². The van der Waals surface area contributed by atoms with Gasteiger partial charge in [-0.25, -0.2) is 4.79 Å². The summed E-state index contributed by atoms with van der Waals surface area (Å²) in [7, 11) is 4.87. The Hall–Kier alpha value is -4.29. The van der Waals surface area contributed by atoms with Crippen LogP contribution in [0.25, 0.3) is 0 Å². The molecule has 340 valence electrons. The fourth-order valence-corrected chi connectivity index (χ4v) is 8.90. The Kier molecular flexibility index (Phi) is 19.9. The second-order valence-electron chi connectivity index (χ2n) is 18.3. The molecule has 1 unspecified atom stereocenters. The first-order valence-electron chi connectivity index (χ1n) is 22.3. The molecule has 0 radical (unpaired) electrons. The first-order chi connectivity index (χ1) is 28.7. The van der Waals surface area contributed by atoms with Crippen LogP contribution in [0.4, 0.5) is 4.79 Å². The molecular weight excluding hydrogens is 773 g/mol. The zero-order valence-electron chi connectivity index (χ0n) is 39.2. The van der Waals surface area contributed by atoms with Gasteiger partial charge in [0.1, 0.15) is 6.61 Å². The van der Waals surface area contributed by atoms with Crippen molar-refractivity contribution in [2.75, 3.05) is 27.7 Å². The monoisotopic (exact) mass is 849 g/mol. The number of benzene rings is 2. The van der Waals surface area contributed by atoms with Crippen LogP contribution in [0.3, 0.4) is 0 Å². The number of Topliss-reactive ketones (excluding diaryl/α,β-unsaturated/α-hetero) is 1. The Morgan fingerprint density at radius 3 is 2.05 bits per heavy atom. The molecule has 12 nitrogen and oxygen atoms in total. The molecule has 1 aliphatic heterocycles. The van der Waals surface area contributed by atoms with Crippen LogP contribution in [0.2, 0.25) is 0 Å². The van der Waals surface area contributed by atoms with Crippen molar-refractivity contribution >= 4 is 29.6 Å². The van der Waals surface area contributed by atoms with Gasteiger partial charge in [0.2, 0.25) is 17.7 Å². The molecule has 1 heterocycles. The van der Waals surface area contributed by atoms with E-state index in [9.17, 15) is 29.1 Å². The van der Waals surface area contributed by atoms with E-state index >= 15 is 0 Å². The van der Waals surface area contributed by atoms with Crippen molar-refractivity contribution in [1.82, 2.24) is 20.0 Å². The van der Waals surface area contributed by atoms with Crippen molar-refractivity contribution in [3.05, 3.63) is 71.3 Å². The topological polar surface area (TPSA) is 146 Å². The number of hydrogen-bond acceptors (Lipinski definition) is 8. The Bertz CT molecular complexity index is 1720. The summed E-state index contributed by atoms with van der Waals surface area (Å²) in [5.74, 6) is -2.43. The molecule has 0 aromatic heterocycles. The number of carbonyl (C=O) groups is 5. The van der Waals surface area contributed by atoms with Crippen molar-refractivity contribution < 1.29 is 38.6 Å². The molecule has 1 fully saturated rings. The number of methoxy groups -OCH3 is 1. The quantitative estimate of drug-likeness (QED) is 0.123. The summed E-state index contributed by atoms with van der Waals surface area (Å²) in [6, 6.07) is 15.0. The van der Waals surface area contributed by atoms with Gasteiger partial charge in [0, 0.05) is 52.0 Å². The molecule has 2 N–H and O–H groups in total. The van der Waals surface area contributed by atoms with Crippen molar-refractivity contribution in [2.24, 2.45) is 35.5 Å². The molecule has 1 saturated heterocycles. The number of ether oxygens (including phenoxy) is 2. The highest BCUT2D eigenvalue weighted by Crippen LogP contribution is 2.32. The molecule has 3 rings (SSSR count). The molecule has 0 bridgehead atoms. The number of aliphatic hydroxyl groups excluding tert-OH is 1. The predicted octanol–water partition coefficient (Wildman–Crippen LogP) is 7.60. The van der Waals surface area contributed by atoms with Crippen LogP contribution in [0, 0.1) is 42.4 Å². The molecular formula is C49H76N4O8. The maximum absolute atomic E-state index is 14.6. The van der Waals surface area contributed by atoms with Gasteiger partial charge in [0.25, 0.3) is 0 Å². The number of aliphatic hydroxyl groups is 1. The molecule has 4 amide bonds. The van der Waals surface area contributed by atoms with Gasteiger partial charge in [-0.2, -0.15) is 0 Å². The number of ketones is 1. The van der Waals surface area contributed by atoms with Crippen molar-refractivity contribution in [2.45, 2.75) is 144 Å². The Morgan fingerprint density at radius 2 is 1.49 bits per heavy atom. The standard InChI is InChI=1S/C49H76N4O8/c1-14-33(7)45(51(11)48(58)39(30(2)3)27-41(54)44(31(4)5)52(12)49(59)61-29-37-24-22-32(6)23-25-37)42(60-13)28-43(55)53-26-18-21-40(53)34(8)35(9)47(57)50-36(10)46(56)38-19-16-15-17-20-38/h15-17,19-20,22-25,30-31,33-36,39-40,42,44-46,56H,14,18,21,26-29H2,1-13H3,(H,50,57)/t33-,34+,35+,36+,39?,40-,42+,44-,45-,46+/m0/s1. The summed E-state index contributed by atoms with van der Waals surface area (Å²) < 4.78 is 11.7. The number of hydrogen-bond donors (Lipinski definition) is 2. The lowest BCUT2D eigenvalue weighted by Crippen LogP contribution is -2.54. The summed E-state index contributed by atoms with van der Waals surface area (Å²) in [4.78, 5) is 74.5. The molecule has 2 aromatic carbocycles. The van der Waals surface area contributed by atoms with Crippen molar-refractivity contribution in [1.29, 1.82) is 0 Å².